The van der Waals surface area contributed by atoms with E-state index >= 15 is 0 Å². The van der Waals surface area contributed by atoms with Crippen molar-refractivity contribution in [2.24, 2.45) is 11.8 Å². The third-order valence-electron chi connectivity index (χ3n) is 6.66. The second-order valence-electron chi connectivity index (χ2n) is 11.0. The standard InChI is InChI=1S/C17H18ClN.C13H10ClN.C4H9Br.Na.H/c1-11(2)10-19-15-7-5-4-6-14(15)17-12(3)8-13(18)9-16(17)19;1-8-6-9(14)7-12-13(8)10-4-2-3-5-11(10)15-12;1-4(2)3-5;;/h4-9,11H,10H2,1-3H3;2-7,15H,1H3;4H,3H2,1-2H3;;/q;;;+1;-1. The Hall–Kier alpha value is -1.46. The fraction of sp³-hybridized carbons (Fsp3) is 0.294. The number of nitrogens with zero attached hydrogens (tertiary/aromatic N) is 1. The number of H-pyrrole nitrogens is 1. The fourth-order valence-electron chi connectivity index (χ4n) is 5.06. The molecule has 0 saturated carbocycles. The van der Waals surface area contributed by atoms with Gasteiger partial charge in [0.1, 0.15) is 0 Å². The molecule has 40 heavy (non-hydrogen) atoms. The van der Waals surface area contributed by atoms with Crippen LogP contribution in [0.25, 0.3) is 43.6 Å². The Morgan fingerprint density at radius 2 is 1.27 bits per heavy atom. The predicted octanol–water partition coefficient (Wildman–Crippen LogP) is 8.85. The van der Waals surface area contributed by atoms with Crippen molar-refractivity contribution in [3.8, 4) is 0 Å². The van der Waals surface area contributed by atoms with E-state index in [4.69, 9.17) is 23.2 Å². The van der Waals surface area contributed by atoms with Crippen molar-refractivity contribution in [3.63, 3.8) is 0 Å². The summed E-state index contributed by atoms with van der Waals surface area (Å²) in [5.74, 6) is 1.41. The van der Waals surface area contributed by atoms with Crippen LogP contribution in [0.1, 0.15) is 40.2 Å². The molecule has 6 heteroatoms. The predicted molar refractivity (Wildman–Crippen MR) is 179 cm³/mol. The van der Waals surface area contributed by atoms with Gasteiger partial charge in [0.2, 0.25) is 0 Å². The number of aromatic nitrogens is 2. The van der Waals surface area contributed by atoms with E-state index in [-0.39, 0.29) is 31.0 Å². The number of para-hydroxylation sites is 2. The zero-order valence-corrected chi connectivity index (χ0v) is 29.7. The van der Waals surface area contributed by atoms with E-state index in [0.717, 1.165) is 38.9 Å². The Morgan fingerprint density at radius 3 is 1.90 bits per heavy atom. The summed E-state index contributed by atoms with van der Waals surface area (Å²) in [6, 6.07) is 25.1. The minimum atomic E-state index is 0. The first-order chi connectivity index (χ1) is 18.6. The Kier molecular flexibility index (Phi) is 12.1. The maximum absolute atomic E-state index is 6.25. The first-order valence-corrected chi connectivity index (χ1v) is 15.4. The minimum Gasteiger partial charge on any atom is -1.00 e. The molecule has 2 aromatic heterocycles. The molecule has 0 radical (unpaired) electrons. The smallest absolute Gasteiger partial charge is 1.00 e. The van der Waals surface area contributed by atoms with Gasteiger partial charge in [-0.2, -0.15) is 0 Å². The van der Waals surface area contributed by atoms with Gasteiger partial charge in [0, 0.05) is 60.0 Å². The van der Waals surface area contributed by atoms with Gasteiger partial charge in [-0.05, 0) is 73.2 Å². The van der Waals surface area contributed by atoms with Crippen molar-refractivity contribution in [2.45, 2.75) is 48.1 Å². The molecule has 2 nitrogen and oxygen atoms in total. The molecule has 0 aliphatic carbocycles. The van der Waals surface area contributed by atoms with Gasteiger partial charge in [-0.1, -0.05) is 103 Å². The Balaban J connectivity index is 0.000000241. The normalized spacial score (nSPS) is 11.1. The number of aryl methyl sites for hydroxylation is 2. The van der Waals surface area contributed by atoms with Crippen LogP contribution in [-0.2, 0) is 6.54 Å². The zero-order valence-electron chi connectivity index (χ0n) is 25.6. The van der Waals surface area contributed by atoms with E-state index in [1.54, 1.807) is 0 Å². The number of halogens is 3. The quantitative estimate of drug-likeness (QED) is 0.146. The SMILES string of the molecule is CC(C)CBr.Cc1cc(Cl)cc2[nH]c3ccccc3c12.Cc1cc(Cl)cc2c1c1ccccc1n2CC(C)C.[H-].[Na+]. The van der Waals surface area contributed by atoms with E-state index < -0.39 is 0 Å². The number of aromatic amines is 1. The van der Waals surface area contributed by atoms with Crippen molar-refractivity contribution < 1.29 is 31.0 Å². The van der Waals surface area contributed by atoms with Gasteiger partial charge in [0.25, 0.3) is 0 Å². The molecular weight excluding hydrogens is 610 g/mol. The van der Waals surface area contributed by atoms with Crippen LogP contribution < -0.4 is 29.6 Å². The summed E-state index contributed by atoms with van der Waals surface area (Å²) in [7, 11) is 0. The maximum atomic E-state index is 6.25. The molecule has 2 heterocycles. The molecule has 0 aliphatic rings. The van der Waals surface area contributed by atoms with Gasteiger partial charge in [-0.25, -0.2) is 0 Å². The van der Waals surface area contributed by atoms with Gasteiger partial charge in [0.05, 0.1) is 5.52 Å². The minimum absolute atomic E-state index is 0. The Bertz CT molecular complexity index is 1740. The van der Waals surface area contributed by atoms with Gasteiger partial charge in [-0.3, -0.25) is 0 Å². The van der Waals surface area contributed by atoms with Crippen molar-refractivity contribution in [1.29, 1.82) is 0 Å². The number of benzene rings is 4. The first-order valence-electron chi connectivity index (χ1n) is 13.5. The Morgan fingerprint density at radius 1 is 0.725 bits per heavy atom. The van der Waals surface area contributed by atoms with E-state index in [2.05, 4.69) is 122 Å². The van der Waals surface area contributed by atoms with Gasteiger partial charge in [0.15, 0.2) is 0 Å². The monoisotopic (exact) mass is 646 g/mol. The molecule has 0 fully saturated rings. The number of hydrogen-bond donors (Lipinski definition) is 1. The molecule has 0 bridgehead atoms. The van der Waals surface area contributed by atoms with Crippen LogP contribution >= 0.6 is 39.1 Å². The van der Waals surface area contributed by atoms with Crippen LogP contribution in [0.2, 0.25) is 10.0 Å². The zero-order chi connectivity index (χ0) is 28.3. The van der Waals surface area contributed by atoms with Crippen molar-refractivity contribution in [3.05, 3.63) is 94.0 Å². The fourth-order valence-corrected chi connectivity index (χ4v) is 5.59. The summed E-state index contributed by atoms with van der Waals surface area (Å²) in [4.78, 5) is 3.38. The summed E-state index contributed by atoms with van der Waals surface area (Å²) in [6.45, 7) is 14.1. The van der Waals surface area contributed by atoms with Crippen LogP contribution in [0.4, 0.5) is 0 Å². The topological polar surface area (TPSA) is 20.7 Å². The number of rotatable bonds is 3. The second kappa shape index (κ2) is 14.6. The third-order valence-corrected chi connectivity index (χ3v) is 8.39. The number of alkyl halides is 1. The molecule has 6 rings (SSSR count). The van der Waals surface area contributed by atoms with Crippen molar-refractivity contribution >= 4 is 82.7 Å². The van der Waals surface area contributed by atoms with Crippen LogP contribution in [0.15, 0.2) is 72.8 Å². The second-order valence-corrected chi connectivity index (χ2v) is 12.5. The van der Waals surface area contributed by atoms with Gasteiger partial charge in [-0.15, -0.1) is 0 Å². The molecule has 206 valence electrons. The molecule has 0 atom stereocenters. The molecular formula is C34H38BrCl2N2Na. The van der Waals surface area contributed by atoms with Crippen molar-refractivity contribution in [1.82, 2.24) is 9.55 Å². The summed E-state index contributed by atoms with van der Waals surface area (Å²) in [5.41, 5.74) is 7.30. The van der Waals surface area contributed by atoms with E-state index in [9.17, 15) is 0 Å². The first kappa shape index (κ1) is 33.0. The average molecular weight is 648 g/mol. The van der Waals surface area contributed by atoms with Gasteiger partial charge >= 0.3 is 29.6 Å². The number of hydrogen-bond acceptors (Lipinski definition) is 0. The third kappa shape index (κ3) is 7.48. The molecule has 6 aromatic rings. The van der Waals surface area contributed by atoms with E-state index in [0.29, 0.717) is 5.92 Å². The van der Waals surface area contributed by atoms with Crippen LogP contribution in [0.5, 0.6) is 0 Å². The Labute approximate surface area is 280 Å². The molecule has 1 N–H and O–H groups in total. The summed E-state index contributed by atoms with van der Waals surface area (Å²) < 4.78 is 2.40. The average Bonchev–Trinajstić information content (AvgIpc) is 3.40. The molecule has 4 aromatic carbocycles. The molecule has 0 saturated heterocycles. The van der Waals surface area contributed by atoms with E-state index in [1.165, 1.54) is 43.7 Å². The maximum Gasteiger partial charge on any atom is 1.00 e. The molecule has 0 amide bonds. The number of fused-ring (bicyclic) bond motifs is 6. The summed E-state index contributed by atoms with van der Waals surface area (Å²) in [5, 5.41) is 7.92. The van der Waals surface area contributed by atoms with Gasteiger partial charge < -0.3 is 11.0 Å². The summed E-state index contributed by atoms with van der Waals surface area (Å²) in [6.07, 6.45) is 0. The van der Waals surface area contributed by atoms with Crippen LogP contribution in [-0.4, -0.2) is 14.9 Å². The molecule has 0 aliphatic heterocycles. The van der Waals surface area contributed by atoms with E-state index in [1.807, 2.05) is 18.2 Å². The van der Waals surface area contributed by atoms with Crippen LogP contribution in [0.3, 0.4) is 0 Å². The molecule has 0 spiro atoms. The molecule has 0 unspecified atom stereocenters. The largest absolute Gasteiger partial charge is 1.00 e. The van der Waals surface area contributed by atoms with Crippen LogP contribution in [0, 0.1) is 25.7 Å². The van der Waals surface area contributed by atoms with Crippen molar-refractivity contribution in [2.75, 3.05) is 5.33 Å². The summed E-state index contributed by atoms with van der Waals surface area (Å²) >= 11 is 15.6. The number of nitrogens with one attached hydrogen (secondary N) is 1.